The fraction of sp³-hybridized carbons (Fsp3) is 0.556. The van der Waals surface area contributed by atoms with Crippen molar-refractivity contribution < 1.29 is 9.53 Å². The van der Waals surface area contributed by atoms with Gasteiger partial charge in [0.2, 0.25) is 5.91 Å². The van der Waals surface area contributed by atoms with Crippen LogP contribution in [-0.2, 0) is 4.79 Å². The van der Waals surface area contributed by atoms with Gasteiger partial charge in [-0.2, -0.15) is 5.26 Å². The molecule has 0 aromatic heterocycles. The molecular weight excluding hydrogens is 276 g/mol. The van der Waals surface area contributed by atoms with E-state index in [1.165, 1.54) is 0 Å². The quantitative estimate of drug-likeness (QED) is 0.884. The second-order valence-corrected chi connectivity index (χ2v) is 6.38. The number of nitrogens with one attached hydrogen (secondary N) is 1. The summed E-state index contributed by atoms with van der Waals surface area (Å²) in [5.41, 5.74) is 0.700. The lowest BCUT2D eigenvalue weighted by Crippen LogP contribution is -2.31. The number of benzene rings is 1. The smallest absolute Gasteiger partial charge is 0.230 e. The lowest BCUT2D eigenvalue weighted by molar-refractivity contribution is -0.124. The molecule has 1 atom stereocenters. The number of nitrogens with zero attached hydrogens (tertiary/aromatic N) is 1. The minimum atomic E-state index is -0.307. The number of hydrogen-bond acceptors (Lipinski definition) is 3. The van der Waals surface area contributed by atoms with E-state index in [-0.39, 0.29) is 17.4 Å². The zero-order valence-corrected chi connectivity index (χ0v) is 13.6. The summed E-state index contributed by atoms with van der Waals surface area (Å²) in [5.74, 6) is 0.674. The molecule has 4 heteroatoms. The largest absolute Gasteiger partial charge is 0.491 e. The van der Waals surface area contributed by atoms with Crippen molar-refractivity contribution in [3.05, 3.63) is 23.8 Å². The third-order valence-corrected chi connectivity index (χ3v) is 4.53. The van der Waals surface area contributed by atoms with Crippen molar-refractivity contribution in [1.82, 2.24) is 0 Å². The standard InChI is InChI=1S/C18H24N2O2/c1-4-13(2)22-15-7-8-16(14(11-15)12-19)20-17(21)18(3)9-5-6-10-18/h7-8,11,13H,4-6,9-10H2,1-3H3,(H,20,21)/t13-/m1/s1. The lowest BCUT2D eigenvalue weighted by atomic mass is 9.87. The summed E-state index contributed by atoms with van der Waals surface area (Å²) in [6.45, 7) is 6.04. The molecule has 1 aliphatic carbocycles. The SMILES string of the molecule is CC[C@@H](C)Oc1ccc(NC(=O)C2(C)CCCC2)c(C#N)c1. The molecule has 1 amide bonds. The first kappa shape index (κ1) is 16.4. The molecule has 0 radical (unpaired) electrons. The van der Waals surface area contributed by atoms with E-state index in [0.29, 0.717) is 17.0 Å². The van der Waals surface area contributed by atoms with Crippen molar-refractivity contribution >= 4 is 11.6 Å². The maximum atomic E-state index is 12.5. The van der Waals surface area contributed by atoms with Gasteiger partial charge in [0.25, 0.3) is 0 Å². The second kappa shape index (κ2) is 6.83. The van der Waals surface area contributed by atoms with Crippen LogP contribution >= 0.6 is 0 Å². The van der Waals surface area contributed by atoms with Crippen LogP contribution in [0.4, 0.5) is 5.69 Å². The third kappa shape index (κ3) is 3.59. The van der Waals surface area contributed by atoms with Gasteiger partial charge in [0.05, 0.1) is 17.4 Å². The molecule has 0 bridgehead atoms. The number of carbonyl (C=O) groups excluding carboxylic acids is 1. The highest BCUT2D eigenvalue weighted by atomic mass is 16.5. The number of hydrogen-bond donors (Lipinski definition) is 1. The van der Waals surface area contributed by atoms with Gasteiger partial charge >= 0.3 is 0 Å². The maximum Gasteiger partial charge on any atom is 0.230 e. The Kier molecular flexibility index (Phi) is 5.07. The first-order chi connectivity index (χ1) is 10.5. The summed E-state index contributed by atoms with van der Waals surface area (Å²) >= 11 is 0. The van der Waals surface area contributed by atoms with Crippen molar-refractivity contribution in [3.8, 4) is 11.8 Å². The molecule has 118 valence electrons. The van der Waals surface area contributed by atoms with Crippen LogP contribution in [0.5, 0.6) is 5.75 Å². The Labute approximate surface area is 132 Å². The molecule has 4 nitrogen and oxygen atoms in total. The summed E-state index contributed by atoms with van der Waals surface area (Å²) < 4.78 is 5.72. The van der Waals surface area contributed by atoms with Crippen LogP contribution in [-0.4, -0.2) is 12.0 Å². The Morgan fingerprint density at radius 1 is 1.45 bits per heavy atom. The predicted molar refractivity (Wildman–Crippen MR) is 86.7 cm³/mol. The molecule has 1 aliphatic rings. The molecule has 1 fully saturated rings. The van der Waals surface area contributed by atoms with Gasteiger partial charge in [0.15, 0.2) is 0 Å². The fourth-order valence-corrected chi connectivity index (χ4v) is 2.77. The van der Waals surface area contributed by atoms with E-state index < -0.39 is 0 Å². The maximum absolute atomic E-state index is 12.5. The molecule has 2 rings (SSSR count). The molecule has 1 N–H and O–H groups in total. The molecule has 1 aromatic rings. The Bertz CT molecular complexity index is 583. The zero-order chi connectivity index (χ0) is 16.2. The molecule has 0 saturated heterocycles. The van der Waals surface area contributed by atoms with Crippen molar-refractivity contribution in [1.29, 1.82) is 5.26 Å². The fourth-order valence-electron chi connectivity index (χ4n) is 2.77. The summed E-state index contributed by atoms with van der Waals surface area (Å²) in [4.78, 5) is 12.5. The predicted octanol–water partition coefficient (Wildman–Crippen LogP) is 4.25. The summed E-state index contributed by atoms with van der Waals surface area (Å²) in [6, 6.07) is 7.40. The molecule has 1 saturated carbocycles. The van der Waals surface area contributed by atoms with Crippen LogP contribution in [0, 0.1) is 16.7 Å². The normalized spacial score (nSPS) is 17.5. The highest BCUT2D eigenvalue weighted by molar-refractivity contribution is 5.96. The lowest BCUT2D eigenvalue weighted by Gasteiger charge is -2.22. The van der Waals surface area contributed by atoms with Gasteiger partial charge in [-0.1, -0.05) is 26.7 Å². The molecule has 0 spiro atoms. The van der Waals surface area contributed by atoms with E-state index in [1.807, 2.05) is 20.8 Å². The number of rotatable bonds is 5. The Morgan fingerprint density at radius 2 is 2.14 bits per heavy atom. The first-order valence-corrected chi connectivity index (χ1v) is 8.01. The Balaban J connectivity index is 2.14. The van der Waals surface area contributed by atoms with E-state index in [9.17, 15) is 10.1 Å². The first-order valence-electron chi connectivity index (χ1n) is 8.01. The van der Waals surface area contributed by atoms with Crippen LogP contribution in [0.3, 0.4) is 0 Å². The summed E-state index contributed by atoms with van der Waals surface area (Å²) in [5, 5.41) is 12.2. The highest BCUT2D eigenvalue weighted by Gasteiger charge is 2.36. The number of anilines is 1. The van der Waals surface area contributed by atoms with Crippen molar-refractivity contribution in [2.75, 3.05) is 5.32 Å². The van der Waals surface area contributed by atoms with Gasteiger partial charge in [-0.25, -0.2) is 0 Å². The number of amides is 1. The average Bonchev–Trinajstić information content (AvgIpc) is 2.96. The minimum absolute atomic E-state index is 0.0112. The van der Waals surface area contributed by atoms with Crippen molar-refractivity contribution in [2.45, 2.75) is 59.0 Å². The minimum Gasteiger partial charge on any atom is -0.491 e. The number of ether oxygens (including phenoxy) is 1. The van der Waals surface area contributed by atoms with E-state index in [2.05, 4.69) is 11.4 Å². The van der Waals surface area contributed by atoms with Crippen LogP contribution in [0.1, 0.15) is 58.4 Å². The second-order valence-electron chi connectivity index (χ2n) is 6.38. The van der Waals surface area contributed by atoms with Crippen molar-refractivity contribution in [2.24, 2.45) is 5.41 Å². The molecular formula is C18H24N2O2. The van der Waals surface area contributed by atoms with Gasteiger partial charge in [-0.15, -0.1) is 0 Å². The molecule has 0 aliphatic heterocycles. The topological polar surface area (TPSA) is 62.1 Å². The van der Waals surface area contributed by atoms with Gasteiger partial charge in [0.1, 0.15) is 11.8 Å². The Morgan fingerprint density at radius 3 is 2.73 bits per heavy atom. The molecule has 0 heterocycles. The monoisotopic (exact) mass is 300 g/mol. The third-order valence-electron chi connectivity index (χ3n) is 4.53. The number of nitriles is 1. The average molecular weight is 300 g/mol. The molecule has 0 unspecified atom stereocenters. The number of carbonyl (C=O) groups is 1. The van der Waals surface area contributed by atoms with Gasteiger partial charge < -0.3 is 10.1 Å². The van der Waals surface area contributed by atoms with Crippen LogP contribution in [0.2, 0.25) is 0 Å². The van der Waals surface area contributed by atoms with Gasteiger partial charge in [-0.3, -0.25) is 4.79 Å². The highest BCUT2D eigenvalue weighted by Crippen LogP contribution is 2.38. The zero-order valence-electron chi connectivity index (χ0n) is 13.6. The van der Waals surface area contributed by atoms with E-state index in [1.54, 1.807) is 18.2 Å². The van der Waals surface area contributed by atoms with Crippen LogP contribution in [0.25, 0.3) is 0 Å². The van der Waals surface area contributed by atoms with Gasteiger partial charge in [0, 0.05) is 11.5 Å². The van der Waals surface area contributed by atoms with Gasteiger partial charge in [-0.05, 0) is 38.3 Å². The van der Waals surface area contributed by atoms with Crippen LogP contribution in [0.15, 0.2) is 18.2 Å². The summed E-state index contributed by atoms with van der Waals surface area (Å²) in [6.07, 6.45) is 5.02. The molecule has 1 aromatic carbocycles. The van der Waals surface area contributed by atoms with Crippen molar-refractivity contribution in [3.63, 3.8) is 0 Å². The molecule has 22 heavy (non-hydrogen) atoms. The summed E-state index contributed by atoms with van der Waals surface area (Å²) in [7, 11) is 0. The van der Waals surface area contributed by atoms with E-state index in [4.69, 9.17) is 4.74 Å². The van der Waals surface area contributed by atoms with E-state index >= 15 is 0 Å². The van der Waals surface area contributed by atoms with Crippen LogP contribution < -0.4 is 10.1 Å². The van der Waals surface area contributed by atoms with E-state index in [0.717, 1.165) is 32.1 Å². The Hall–Kier alpha value is -2.02.